The van der Waals surface area contributed by atoms with Gasteiger partial charge in [-0.25, -0.2) is 13.6 Å². The summed E-state index contributed by atoms with van der Waals surface area (Å²) in [7, 11) is -4.45. The van der Waals surface area contributed by atoms with Gasteiger partial charge in [0, 0.05) is 31.9 Å². The molecular weight excluding hydrogens is 419 g/mol. The predicted molar refractivity (Wildman–Crippen MR) is 109 cm³/mol. The molecule has 2 aliphatic heterocycles. The largest absolute Gasteiger partial charge is 0.417 e. The molecule has 2 aliphatic rings. The van der Waals surface area contributed by atoms with Crippen LogP contribution < -0.4 is 10.0 Å². The molecule has 1 aromatic rings. The van der Waals surface area contributed by atoms with Crippen molar-refractivity contribution in [3.63, 3.8) is 0 Å². The minimum absolute atomic E-state index is 0.235. The number of nitrogens with zero attached hydrogens (tertiary/aromatic N) is 2. The predicted octanol–water partition coefficient (Wildman–Crippen LogP) is 3.07. The summed E-state index contributed by atoms with van der Waals surface area (Å²) in [5.41, 5.74) is -0.829. The lowest BCUT2D eigenvalue weighted by atomic mass is 9.92. The van der Waals surface area contributed by atoms with Crippen LogP contribution in [0.15, 0.2) is 23.1 Å². The van der Waals surface area contributed by atoms with Gasteiger partial charge in [-0.1, -0.05) is 0 Å². The van der Waals surface area contributed by atoms with Gasteiger partial charge in [-0.05, 0) is 63.8 Å². The van der Waals surface area contributed by atoms with Gasteiger partial charge in [0.15, 0.2) is 0 Å². The average Bonchev–Trinajstić information content (AvgIpc) is 2.64. The van der Waals surface area contributed by atoms with Crippen LogP contribution in [-0.4, -0.2) is 58.2 Å². The van der Waals surface area contributed by atoms with E-state index >= 15 is 0 Å². The average molecular weight is 450 g/mol. The third-order valence-electron chi connectivity index (χ3n) is 5.90. The number of halogens is 3. The lowest BCUT2D eigenvalue weighted by Crippen LogP contribution is -2.46. The Morgan fingerprint density at radius 3 is 2.27 bits per heavy atom. The highest BCUT2D eigenvalue weighted by Crippen LogP contribution is 2.37. The lowest BCUT2D eigenvalue weighted by Gasteiger charge is -2.38. The molecule has 170 valence electrons. The summed E-state index contributed by atoms with van der Waals surface area (Å²) in [6.07, 6.45) is -1.47. The molecule has 0 amide bonds. The first-order valence-corrected chi connectivity index (χ1v) is 11.8. The fourth-order valence-corrected chi connectivity index (χ4v) is 5.24. The van der Waals surface area contributed by atoms with E-state index in [2.05, 4.69) is 18.7 Å². The van der Waals surface area contributed by atoms with E-state index in [0.29, 0.717) is 24.7 Å². The summed E-state index contributed by atoms with van der Waals surface area (Å²) in [4.78, 5) is 3.42. The second-order valence-corrected chi connectivity index (χ2v) is 9.99. The topological polar surface area (TPSA) is 75.9 Å². The van der Waals surface area contributed by atoms with Crippen LogP contribution in [0.5, 0.6) is 0 Å². The van der Waals surface area contributed by atoms with Gasteiger partial charge in [-0.2, -0.15) is 13.2 Å². The molecule has 2 heterocycles. The fourth-order valence-electron chi connectivity index (χ4n) is 4.50. The standard InChI is InChI=1S/C20H30F3N3O3S/c1-14-12-25(13-15(2)29-14)8-5-16-6-9-26(10-7-16)17-3-4-19(30(24,27)28)18(11-17)20(21,22)23/h3-4,11,14-16H,5-10,12-13H2,1-2H3,(H2,24,27,28). The minimum Gasteiger partial charge on any atom is -0.373 e. The van der Waals surface area contributed by atoms with Crippen LogP contribution in [-0.2, 0) is 20.9 Å². The summed E-state index contributed by atoms with van der Waals surface area (Å²) in [5, 5.41) is 4.96. The maximum Gasteiger partial charge on any atom is 0.417 e. The SMILES string of the molecule is CC1CN(CCC2CCN(c3ccc(S(N)(=O)=O)c(C(F)(F)F)c3)CC2)CC(C)O1. The zero-order chi connectivity index (χ0) is 22.1. The van der Waals surface area contributed by atoms with Gasteiger partial charge in [0.25, 0.3) is 0 Å². The van der Waals surface area contributed by atoms with Crippen LogP contribution in [0.2, 0.25) is 0 Å². The van der Waals surface area contributed by atoms with E-state index in [0.717, 1.165) is 51.0 Å². The number of anilines is 1. The number of sulfonamides is 1. The molecular formula is C20H30F3N3O3S. The van der Waals surface area contributed by atoms with Crippen LogP contribution in [0.1, 0.15) is 38.7 Å². The van der Waals surface area contributed by atoms with Crippen LogP contribution in [0, 0.1) is 5.92 Å². The highest BCUT2D eigenvalue weighted by Gasteiger charge is 2.37. The van der Waals surface area contributed by atoms with Gasteiger partial charge in [-0.3, -0.25) is 4.90 Å². The molecule has 2 fully saturated rings. The van der Waals surface area contributed by atoms with E-state index in [-0.39, 0.29) is 12.2 Å². The summed E-state index contributed by atoms with van der Waals surface area (Å²) in [6, 6.07) is 3.27. The van der Waals surface area contributed by atoms with E-state index in [9.17, 15) is 21.6 Å². The van der Waals surface area contributed by atoms with Gasteiger partial charge in [-0.15, -0.1) is 0 Å². The van der Waals surface area contributed by atoms with Crippen molar-refractivity contribution >= 4 is 15.7 Å². The quantitative estimate of drug-likeness (QED) is 0.748. The zero-order valence-corrected chi connectivity index (χ0v) is 18.2. The van der Waals surface area contributed by atoms with E-state index in [1.54, 1.807) is 0 Å². The van der Waals surface area contributed by atoms with Crippen LogP contribution in [0.3, 0.4) is 0 Å². The maximum absolute atomic E-state index is 13.4. The van der Waals surface area contributed by atoms with Crippen molar-refractivity contribution in [2.45, 2.75) is 56.4 Å². The minimum atomic E-state index is -4.79. The highest BCUT2D eigenvalue weighted by molar-refractivity contribution is 7.89. The second kappa shape index (κ2) is 9.02. The number of benzene rings is 1. The Bertz CT molecular complexity index is 829. The Labute approximate surface area is 176 Å². The molecule has 2 unspecified atom stereocenters. The molecule has 1 aromatic carbocycles. The van der Waals surface area contributed by atoms with Crippen molar-refractivity contribution in [1.82, 2.24) is 4.90 Å². The van der Waals surface area contributed by atoms with Crippen molar-refractivity contribution in [3.8, 4) is 0 Å². The smallest absolute Gasteiger partial charge is 0.373 e. The summed E-state index contributed by atoms with van der Waals surface area (Å²) in [6.45, 7) is 8.32. The Hall–Kier alpha value is -1.36. The van der Waals surface area contributed by atoms with Crippen molar-refractivity contribution < 1.29 is 26.3 Å². The third kappa shape index (κ3) is 5.87. The van der Waals surface area contributed by atoms with Crippen LogP contribution in [0.4, 0.5) is 18.9 Å². The number of morpholine rings is 1. The third-order valence-corrected chi connectivity index (χ3v) is 6.87. The Morgan fingerprint density at radius 1 is 1.13 bits per heavy atom. The van der Waals surface area contributed by atoms with E-state index in [1.165, 1.54) is 6.07 Å². The van der Waals surface area contributed by atoms with Gasteiger partial charge < -0.3 is 9.64 Å². The van der Waals surface area contributed by atoms with Gasteiger partial charge in [0.2, 0.25) is 10.0 Å². The number of piperidine rings is 1. The van der Waals surface area contributed by atoms with Gasteiger partial charge in [0.05, 0.1) is 22.7 Å². The van der Waals surface area contributed by atoms with Crippen molar-refractivity contribution in [2.24, 2.45) is 11.1 Å². The molecule has 6 nitrogen and oxygen atoms in total. The Kier molecular flexibility index (Phi) is 7.01. The summed E-state index contributed by atoms with van der Waals surface area (Å²) < 4.78 is 68.9. The maximum atomic E-state index is 13.4. The van der Waals surface area contributed by atoms with Crippen molar-refractivity contribution in [2.75, 3.05) is 37.6 Å². The van der Waals surface area contributed by atoms with Gasteiger partial charge in [0.1, 0.15) is 0 Å². The molecule has 0 aromatic heterocycles. The number of hydrogen-bond donors (Lipinski definition) is 1. The molecule has 10 heteroatoms. The molecule has 0 radical (unpaired) electrons. The molecule has 2 atom stereocenters. The van der Waals surface area contributed by atoms with Gasteiger partial charge >= 0.3 is 6.18 Å². The molecule has 0 bridgehead atoms. The number of ether oxygens (including phenoxy) is 1. The van der Waals surface area contributed by atoms with E-state index in [4.69, 9.17) is 9.88 Å². The number of nitrogens with two attached hydrogens (primary N) is 1. The zero-order valence-electron chi connectivity index (χ0n) is 17.4. The van der Waals surface area contributed by atoms with Crippen molar-refractivity contribution in [3.05, 3.63) is 23.8 Å². The number of alkyl halides is 3. The normalized spacial score (nSPS) is 24.9. The molecule has 2 saturated heterocycles. The molecule has 30 heavy (non-hydrogen) atoms. The molecule has 2 N–H and O–H groups in total. The summed E-state index contributed by atoms with van der Waals surface area (Å²) in [5.74, 6) is 0.528. The van der Waals surface area contributed by atoms with Crippen LogP contribution in [0.25, 0.3) is 0 Å². The molecule has 0 aliphatic carbocycles. The monoisotopic (exact) mass is 449 g/mol. The fraction of sp³-hybridized carbons (Fsp3) is 0.700. The highest BCUT2D eigenvalue weighted by atomic mass is 32.2. The lowest BCUT2D eigenvalue weighted by molar-refractivity contribution is -0.139. The number of primary sulfonamides is 1. The van der Waals surface area contributed by atoms with Crippen LogP contribution >= 0.6 is 0 Å². The Morgan fingerprint density at radius 2 is 1.73 bits per heavy atom. The van der Waals surface area contributed by atoms with E-state index in [1.807, 2.05) is 4.90 Å². The first-order chi connectivity index (χ1) is 13.9. The Balaban J connectivity index is 1.60. The number of hydrogen-bond acceptors (Lipinski definition) is 5. The number of rotatable bonds is 5. The summed E-state index contributed by atoms with van der Waals surface area (Å²) >= 11 is 0. The molecule has 3 rings (SSSR count). The first kappa shape index (κ1) is 23.3. The van der Waals surface area contributed by atoms with E-state index < -0.39 is 26.7 Å². The van der Waals surface area contributed by atoms with Crippen molar-refractivity contribution in [1.29, 1.82) is 0 Å². The molecule has 0 spiro atoms. The first-order valence-electron chi connectivity index (χ1n) is 10.3. The molecule has 0 saturated carbocycles. The second-order valence-electron chi connectivity index (χ2n) is 8.46.